The molecule has 6 nitrogen and oxygen atoms in total. The highest BCUT2D eigenvalue weighted by Gasteiger charge is 2.27. The van der Waals surface area contributed by atoms with Crippen molar-refractivity contribution < 1.29 is 35.9 Å². The largest absolute Gasteiger partial charge is 0.479 e. The Kier molecular flexibility index (Phi) is 6.35. The third-order valence-electron chi connectivity index (χ3n) is 4.90. The molecule has 0 spiro atoms. The van der Waals surface area contributed by atoms with Gasteiger partial charge in [-0.15, -0.1) is 0 Å². The molecule has 1 N–H and O–H groups in total. The van der Waals surface area contributed by atoms with Gasteiger partial charge < -0.3 is 14.5 Å². The SMILES string of the molecule is Cc1ccccc1Cn1cc(NC(=O)c2ccc(COc3c(F)c(F)c(F)c(F)c3F)o2)cn1. The summed E-state index contributed by atoms with van der Waals surface area (Å²) < 4.78 is 78.6. The van der Waals surface area contributed by atoms with Crippen LogP contribution in [0, 0.1) is 36.0 Å². The van der Waals surface area contributed by atoms with Gasteiger partial charge in [0.1, 0.15) is 12.4 Å². The topological polar surface area (TPSA) is 69.3 Å². The Morgan fingerprint density at radius 3 is 2.38 bits per heavy atom. The van der Waals surface area contributed by atoms with Crippen LogP contribution in [0.4, 0.5) is 27.6 Å². The molecule has 2 aromatic heterocycles. The zero-order chi connectivity index (χ0) is 24.4. The highest BCUT2D eigenvalue weighted by molar-refractivity contribution is 6.02. The number of carbonyl (C=O) groups is 1. The summed E-state index contributed by atoms with van der Waals surface area (Å²) in [6.45, 7) is 1.80. The maximum Gasteiger partial charge on any atom is 0.291 e. The van der Waals surface area contributed by atoms with E-state index in [0.29, 0.717) is 12.2 Å². The summed E-state index contributed by atoms with van der Waals surface area (Å²) in [7, 11) is 0. The van der Waals surface area contributed by atoms with Gasteiger partial charge in [0, 0.05) is 6.20 Å². The van der Waals surface area contributed by atoms with E-state index in [1.165, 1.54) is 18.3 Å². The van der Waals surface area contributed by atoms with Crippen LogP contribution in [0.15, 0.2) is 53.2 Å². The Morgan fingerprint density at radius 2 is 1.68 bits per heavy atom. The fourth-order valence-electron chi connectivity index (χ4n) is 3.10. The molecule has 4 rings (SSSR count). The number of ether oxygens (including phenoxy) is 1. The number of aryl methyl sites for hydroxylation is 1. The van der Waals surface area contributed by atoms with Crippen LogP contribution in [0.25, 0.3) is 0 Å². The number of carbonyl (C=O) groups excluding carboxylic acids is 1. The number of furan rings is 1. The number of aromatic nitrogens is 2. The van der Waals surface area contributed by atoms with E-state index in [0.717, 1.165) is 11.1 Å². The first-order valence-corrected chi connectivity index (χ1v) is 9.86. The van der Waals surface area contributed by atoms with Gasteiger partial charge in [0.25, 0.3) is 5.91 Å². The number of rotatable bonds is 7. The number of hydrogen-bond donors (Lipinski definition) is 1. The second kappa shape index (κ2) is 9.38. The van der Waals surface area contributed by atoms with E-state index < -0.39 is 47.3 Å². The van der Waals surface area contributed by atoms with E-state index in [1.807, 2.05) is 31.2 Å². The summed E-state index contributed by atoms with van der Waals surface area (Å²) >= 11 is 0. The average Bonchev–Trinajstić information content (AvgIpc) is 3.47. The van der Waals surface area contributed by atoms with Crippen LogP contribution >= 0.6 is 0 Å². The van der Waals surface area contributed by atoms with Crippen LogP contribution in [0.2, 0.25) is 0 Å². The number of benzene rings is 2. The molecule has 0 aliphatic carbocycles. The van der Waals surface area contributed by atoms with Gasteiger partial charge >= 0.3 is 0 Å². The molecule has 0 bridgehead atoms. The van der Waals surface area contributed by atoms with Crippen molar-refractivity contribution >= 4 is 11.6 Å². The molecule has 0 unspecified atom stereocenters. The molecule has 0 aliphatic heterocycles. The predicted molar refractivity (Wildman–Crippen MR) is 110 cm³/mol. The lowest BCUT2D eigenvalue weighted by Gasteiger charge is -2.09. The standard InChI is InChI=1S/C23H16F5N3O3/c1-12-4-2-3-5-13(12)9-31-10-14(8-29-31)30-23(32)16-7-6-15(34-16)11-33-22-20(27)18(25)17(24)19(26)21(22)28/h2-8,10H,9,11H2,1H3,(H,30,32). The molecule has 0 atom stereocenters. The van der Waals surface area contributed by atoms with E-state index >= 15 is 0 Å². The number of nitrogens with zero attached hydrogens (tertiary/aromatic N) is 2. The highest BCUT2D eigenvalue weighted by atomic mass is 19.2. The van der Waals surface area contributed by atoms with Crippen molar-refractivity contribution in [2.24, 2.45) is 0 Å². The summed E-state index contributed by atoms with van der Waals surface area (Å²) in [6, 6.07) is 10.3. The molecule has 2 aromatic carbocycles. The van der Waals surface area contributed by atoms with Crippen molar-refractivity contribution in [1.82, 2.24) is 9.78 Å². The van der Waals surface area contributed by atoms with Gasteiger partial charge in [0.2, 0.25) is 29.1 Å². The number of hydrogen-bond acceptors (Lipinski definition) is 4. The van der Waals surface area contributed by atoms with Crippen molar-refractivity contribution in [3.8, 4) is 5.75 Å². The van der Waals surface area contributed by atoms with Crippen LogP contribution in [0.3, 0.4) is 0 Å². The smallest absolute Gasteiger partial charge is 0.291 e. The second-order valence-corrected chi connectivity index (χ2v) is 7.26. The molecule has 0 saturated carbocycles. The lowest BCUT2D eigenvalue weighted by atomic mass is 10.1. The number of amides is 1. The normalized spacial score (nSPS) is 11.0. The fourth-order valence-corrected chi connectivity index (χ4v) is 3.10. The lowest BCUT2D eigenvalue weighted by Crippen LogP contribution is -2.10. The Bertz CT molecular complexity index is 1340. The Balaban J connectivity index is 1.39. The first kappa shape index (κ1) is 23.0. The third-order valence-corrected chi connectivity index (χ3v) is 4.90. The molecule has 2 heterocycles. The van der Waals surface area contributed by atoms with Gasteiger partial charge in [0.15, 0.2) is 11.5 Å². The molecule has 0 fully saturated rings. The zero-order valence-electron chi connectivity index (χ0n) is 17.5. The summed E-state index contributed by atoms with van der Waals surface area (Å²) in [5.74, 6) is -13.1. The van der Waals surface area contributed by atoms with Gasteiger partial charge in [-0.05, 0) is 30.2 Å². The van der Waals surface area contributed by atoms with E-state index in [2.05, 4.69) is 10.4 Å². The molecule has 0 aliphatic rings. The minimum Gasteiger partial charge on any atom is -0.479 e. The Morgan fingerprint density at radius 1 is 1.00 bits per heavy atom. The van der Waals surface area contributed by atoms with E-state index in [4.69, 9.17) is 9.15 Å². The molecular weight excluding hydrogens is 461 g/mol. The van der Waals surface area contributed by atoms with Gasteiger partial charge in [-0.1, -0.05) is 24.3 Å². The first-order valence-electron chi connectivity index (χ1n) is 9.86. The summed E-state index contributed by atoms with van der Waals surface area (Å²) in [4.78, 5) is 12.4. The molecule has 34 heavy (non-hydrogen) atoms. The molecule has 0 saturated heterocycles. The third kappa shape index (κ3) is 4.63. The first-order chi connectivity index (χ1) is 16.2. The Hall–Kier alpha value is -4.15. The predicted octanol–water partition coefficient (Wildman–Crippen LogP) is 5.36. The molecular formula is C23H16F5N3O3. The minimum atomic E-state index is -2.29. The molecule has 11 heteroatoms. The van der Waals surface area contributed by atoms with E-state index in [-0.39, 0.29) is 11.5 Å². The molecule has 4 aromatic rings. The van der Waals surface area contributed by atoms with Crippen molar-refractivity contribution in [2.45, 2.75) is 20.1 Å². The van der Waals surface area contributed by atoms with Crippen molar-refractivity contribution in [1.29, 1.82) is 0 Å². The molecule has 0 radical (unpaired) electrons. The lowest BCUT2D eigenvalue weighted by molar-refractivity contribution is 0.0992. The monoisotopic (exact) mass is 477 g/mol. The summed E-state index contributed by atoms with van der Waals surface area (Å²) in [6.07, 6.45) is 3.08. The van der Waals surface area contributed by atoms with Crippen molar-refractivity contribution in [3.63, 3.8) is 0 Å². The van der Waals surface area contributed by atoms with Gasteiger partial charge in [-0.2, -0.15) is 13.9 Å². The van der Waals surface area contributed by atoms with Crippen molar-refractivity contribution in [2.75, 3.05) is 5.32 Å². The van der Waals surface area contributed by atoms with E-state index in [9.17, 15) is 26.7 Å². The minimum absolute atomic E-state index is 0.0793. The van der Waals surface area contributed by atoms with Gasteiger partial charge in [-0.25, -0.2) is 13.2 Å². The maximum atomic E-state index is 13.7. The Labute approximate surface area is 189 Å². The average molecular weight is 477 g/mol. The van der Waals surface area contributed by atoms with Crippen molar-refractivity contribution in [3.05, 3.63) is 101 Å². The number of nitrogens with one attached hydrogen (secondary N) is 1. The zero-order valence-corrected chi connectivity index (χ0v) is 17.5. The molecule has 176 valence electrons. The van der Waals surface area contributed by atoms with Crippen LogP contribution in [0.1, 0.15) is 27.4 Å². The van der Waals surface area contributed by atoms with Crippen LogP contribution < -0.4 is 10.1 Å². The van der Waals surface area contributed by atoms with Gasteiger partial charge in [0.05, 0.1) is 18.4 Å². The number of halogens is 5. The van der Waals surface area contributed by atoms with Gasteiger partial charge in [-0.3, -0.25) is 9.48 Å². The van der Waals surface area contributed by atoms with E-state index in [1.54, 1.807) is 10.9 Å². The highest BCUT2D eigenvalue weighted by Crippen LogP contribution is 2.30. The fraction of sp³-hybridized carbons (Fsp3) is 0.130. The number of anilines is 1. The summed E-state index contributed by atoms with van der Waals surface area (Å²) in [5, 5.41) is 6.78. The quantitative estimate of drug-likeness (QED) is 0.221. The van der Waals surface area contributed by atoms with Crippen LogP contribution in [-0.2, 0) is 13.2 Å². The maximum absolute atomic E-state index is 13.7. The molecule has 1 amide bonds. The van der Waals surface area contributed by atoms with Crippen LogP contribution in [0.5, 0.6) is 5.75 Å². The second-order valence-electron chi connectivity index (χ2n) is 7.26. The van der Waals surface area contributed by atoms with Crippen LogP contribution in [-0.4, -0.2) is 15.7 Å². The summed E-state index contributed by atoms with van der Waals surface area (Å²) in [5.41, 5.74) is 2.56.